The van der Waals surface area contributed by atoms with Gasteiger partial charge in [-0.25, -0.2) is 0 Å². The van der Waals surface area contributed by atoms with Crippen molar-refractivity contribution in [3.8, 4) is 17.6 Å². The first-order valence-corrected chi connectivity index (χ1v) is 19.9. The van der Waals surface area contributed by atoms with Crippen LogP contribution in [0.4, 0.5) is 24.5 Å². The van der Waals surface area contributed by atoms with E-state index < -0.39 is 23.7 Å². The lowest BCUT2D eigenvalue weighted by Crippen LogP contribution is -2.52. The maximum Gasteiger partial charge on any atom is 0.417 e. The zero-order valence-electron chi connectivity index (χ0n) is 32.0. The molecule has 57 heavy (non-hydrogen) atoms. The summed E-state index contributed by atoms with van der Waals surface area (Å²) in [6.07, 6.45) is 1.05. The Morgan fingerprint density at radius 2 is 1.60 bits per heavy atom. The average molecular weight is 785 g/mol. The summed E-state index contributed by atoms with van der Waals surface area (Å²) in [7, 11) is 1.56. The number of imide groups is 1. The molecule has 300 valence electrons. The van der Waals surface area contributed by atoms with E-state index in [1.807, 2.05) is 29.2 Å². The quantitative estimate of drug-likeness (QED) is 0.244. The number of rotatable bonds is 10. The van der Waals surface area contributed by atoms with E-state index in [-0.39, 0.29) is 29.9 Å². The van der Waals surface area contributed by atoms with Crippen molar-refractivity contribution < 1.29 is 37.0 Å². The standard InChI is InChI=1S/C43H47F3N6O5/c1-56-38-24-33(22-31-26-52(42(55)40(31)38)37-8-9-39(53)48-41(37)54)51-18-16-49(17-19-51)13-10-27-20-35(21-27)57-34-6-3-28(4-7-34)29-11-14-50(15-12-29)32-5-2-30(25-47)36(23-32)43(44,45)46/h2-7,22-24,27,29,35,37H,8-21,26H2,1H3,(H,48,53,54)/t27-,35+,37?. The van der Waals surface area contributed by atoms with Crippen molar-refractivity contribution in [2.75, 3.05) is 62.7 Å². The molecule has 3 aromatic carbocycles. The maximum absolute atomic E-state index is 13.5. The summed E-state index contributed by atoms with van der Waals surface area (Å²) in [6.45, 7) is 6.24. The molecule has 11 nitrogen and oxygen atoms in total. The van der Waals surface area contributed by atoms with Crippen molar-refractivity contribution in [1.82, 2.24) is 15.1 Å². The number of amides is 3. The zero-order chi connectivity index (χ0) is 39.8. The van der Waals surface area contributed by atoms with Crippen LogP contribution in [0.2, 0.25) is 0 Å². The summed E-state index contributed by atoms with van der Waals surface area (Å²) >= 11 is 0. The lowest BCUT2D eigenvalue weighted by molar-refractivity contribution is -0.138. The van der Waals surface area contributed by atoms with Gasteiger partial charge in [-0.05, 0) is 104 Å². The number of nitrogens with one attached hydrogen (secondary N) is 1. The van der Waals surface area contributed by atoms with Crippen LogP contribution in [0.3, 0.4) is 0 Å². The lowest BCUT2D eigenvalue weighted by Gasteiger charge is -2.39. The minimum absolute atomic E-state index is 0.211. The van der Waals surface area contributed by atoms with Crippen molar-refractivity contribution in [2.45, 2.75) is 75.7 Å². The predicted octanol–water partition coefficient (Wildman–Crippen LogP) is 6.10. The number of hydrogen-bond donors (Lipinski definition) is 1. The third-order valence-corrected chi connectivity index (χ3v) is 12.5. The molecular weight excluding hydrogens is 738 g/mol. The van der Waals surface area contributed by atoms with Gasteiger partial charge >= 0.3 is 6.18 Å². The van der Waals surface area contributed by atoms with E-state index in [9.17, 15) is 27.6 Å². The fourth-order valence-corrected chi connectivity index (χ4v) is 9.14. The van der Waals surface area contributed by atoms with E-state index >= 15 is 0 Å². The molecular formula is C43H47F3N6O5. The van der Waals surface area contributed by atoms with Gasteiger partial charge in [-0.15, -0.1) is 0 Å². The molecule has 3 amide bonds. The minimum Gasteiger partial charge on any atom is -0.496 e. The normalized spacial score (nSPS) is 23.2. The first-order valence-electron chi connectivity index (χ1n) is 19.9. The van der Waals surface area contributed by atoms with Crippen LogP contribution in [0, 0.1) is 17.2 Å². The molecule has 4 fully saturated rings. The summed E-state index contributed by atoms with van der Waals surface area (Å²) in [5, 5.41) is 11.5. The van der Waals surface area contributed by atoms with Crippen molar-refractivity contribution in [3.05, 3.63) is 82.4 Å². The molecule has 1 saturated carbocycles. The van der Waals surface area contributed by atoms with E-state index in [0.717, 1.165) is 87.9 Å². The number of ether oxygens (including phenoxy) is 2. The topological polar surface area (TPSA) is 118 Å². The number of alkyl halides is 3. The maximum atomic E-state index is 13.5. The Morgan fingerprint density at radius 1 is 0.877 bits per heavy atom. The number of fused-ring (bicyclic) bond motifs is 1. The summed E-state index contributed by atoms with van der Waals surface area (Å²) in [5.74, 6) is 1.36. The van der Waals surface area contributed by atoms with Gasteiger partial charge in [-0.1, -0.05) is 12.1 Å². The van der Waals surface area contributed by atoms with Crippen molar-refractivity contribution in [3.63, 3.8) is 0 Å². The van der Waals surface area contributed by atoms with Crippen LogP contribution >= 0.6 is 0 Å². The number of carbonyl (C=O) groups is 3. The number of methoxy groups -OCH3 is 1. The molecule has 1 aliphatic carbocycles. The summed E-state index contributed by atoms with van der Waals surface area (Å²) in [4.78, 5) is 45.9. The number of piperidine rings is 2. The highest BCUT2D eigenvalue weighted by Gasteiger charge is 2.41. The molecule has 8 rings (SSSR count). The van der Waals surface area contributed by atoms with E-state index in [1.165, 1.54) is 11.6 Å². The second kappa shape index (κ2) is 15.9. The average Bonchev–Trinajstić information content (AvgIpc) is 3.53. The van der Waals surface area contributed by atoms with Crippen LogP contribution in [0.1, 0.15) is 83.5 Å². The van der Waals surface area contributed by atoms with Gasteiger partial charge in [0.25, 0.3) is 5.91 Å². The Bertz CT molecular complexity index is 2050. The molecule has 1 unspecified atom stereocenters. The van der Waals surface area contributed by atoms with Gasteiger partial charge in [0, 0.05) is 69.7 Å². The Balaban J connectivity index is 0.755. The number of benzene rings is 3. The summed E-state index contributed by atoms with van der Waals surface area (Å²) in [5.41, 5.74) is 2.82. The third kappa shape index (κ3) is 8.12. The number of hydrogen-bond acceptors (Lipinski definition) is 9. The van der Waals surface area contributed by atoms with Gasteiger partial charge in [-0.3, -0.25) is 24.6 Å². The van der Waals surface area contributed by atoms with Gasteiger partial charge in [0.1, 0.15) is 17.5 Å². The first kappa shape index (κ1) is 38.6. The minimum atomic E-state index is -4.57. The third-order valence-electron chi connectivity index (χ3n) is 12.5. The highest BCUT2D eigenvalue weighted by atomic mass is 19.4. The van der Waals surface area contributed by atoms with Gasteiger partial charge in [0.15, 0.2) is 0 Å². The van der Waals surface area contributed by atoms with Gasteiger partial charge in [0.05, 0.1) is 36.0 Å². The van der Waals surface area contributed by atoms with E-state index in [2.05, 4.69) is 27.2 Å². The van der Waals surface area contributed by atoms with Gasteiger partial charge < -0.3 is 24.2 Å². The highest BCUT2D eigenvalue weighted by Crippen LogP contribution is 2.40. The molecule has 4 heterocycles. The fourth-order valence-electron chi connectivity index (χ4n) is 9.14. The molecule has 0 bridgehead atoms. The van der Waals surface area contributed by atoms with Crippen LogP contribution < -0.4 is 24.6 Å². The molecule has 1 N–H and O–H groups in total. The first-order chi connectivity index (χ1) is 27.5. The number of carbonyl (C=O) groups excluding carboxylic acids is 3. The highest BCUT2D eigenvalue weighted by molar-refractivity contribution is 6.06. The Morgan fingerprint density at radius 3 is 2.26 bits per heavy atom. The molecule has 3 aromatic rings. The van der Waals surface area contributed by atoms with Crippen molar-refractivity contribution >= 4 is 29.1 Å². The van der Waals surface area contributed by atoms with Crippen LogP contribution in [-0.2, 0) is 22.3 Å². The summed E-state index contributed by atoms with van der Waals surface area (Å²) < 4.78 is 52.4. The number of anilines is 2. The molecule has 3 saturated heterocycles. The zero-order valence-corrected chi connectivity index (χ0v) is 32.0. The Hall–Kier alpha value is -5.29. The number of nitriles is 1. The lowest BCUT2D eigenvalue weighted by atomic mass is 9.80. The smallest absolute Gasteiger partial charge is 0.417 e. The summed E-state index contributed by atoms with van der Waals surface area (Å²) in [6, 6.07) is 17.2. The number of nitrogens with zero attached hydrogens (tertiary/aromatic N) is 5. The molecule has 5 aliphatic rings. The predicted molar refractivity (Wildman–Crippen MR) is 206 cm³/mol. The molecule has 0 radical (unpaired) electrons. The molecule has 1 atom stereocenters. The Labute approximate surface area is 330 Å². The van der Waals surface area contributed by atoms with E-state index in [1.54, 1.807) is 24.1 Å². The van der Waals surface area contributed by atoms with E-state index in [4.69, 9.17) is 14.7 Å². The second-order valence-corrected chi connectivity index (χ2v) is 15.9. The second-order valence-electron chi connectivity index (χ2n) is 15.9. The Kier molecular flexibility index (Phi) is 10.8. The molecule has 0 spiro atoms. The fraction of sp³-hybridized carbons (Fsp3) is 0.488. The van der Waals surface area contributed by atoms with Crippen molar-refractivity contribution in [2.24, 2.45) is 5.92 Å². The van der Waals surface area contributed by atoms with Crippen LogP contribution in [0.5, 0.6) is 11.5 Å². The molecule has 4 aliphatic heterocycles. The SMILES string of the molecule is COc1cc(N2CCN(CC[C@H]3C[C@@H](Oc4ccc(C5CCN(c6ccc(C#N)c(C(F)(F)F)c6)CC5)cc4)C3)CC2)cc2c1C(=O)N(C1CCC(=O)NC1=O)C2. The number of piperazine rings is 1. The van der Waals surface area contributed by atoms with Crippen LogP contribution in [0.25, 0.3) is 0 Å². The van der Waals surface area contributed by atoms with E-state index in [0.29, 0.717) is 54.9 Å². The molecule has 0 aromatic heterocycles. The van der Waals surface area contributed by atoms with Crippen LogP contribution in [0.15, 0.2) is 54.6 Å². The van der Waals surface area contributed by atoms with Gasteiger partial charge in [-0.2, -0.15) is 18.4 Å². The monoisotopic (exact) mass is 784 g/mol. The van der Waals surface area contributed by atoms with Crippen LogP contribution in [-0.4, -0.2) is 92.6 Å². The van der Waals surface area contributed by atoms with Crippen molar-refractivity contribution in [1.29, 1.82) is 5.26 Å². The largest absolute Gasteiger partial charge is 0.496 e. The van der Waals surface area contributed by atoms with Gasteiger partial charge in [0.2, 0.25) is 11.8 Å². The molecule has 14 heteroatoms. The number of halogens is 3.